The molecule has 0 atom stereocenters. The highest BCUT2D eigenvalue weighted by Crippen LogP contribution is 2.28. The molecule has 2 nitrogen and oxygen atoms in total. The van der Waals surface area contributed by atoms with E-state index in [1.54, 1.807) is 0 Å². The molecule has 0 aliphatic heterocycles. The van der Waals surface area contributed by atoms with Crippen LogP contribution in [0, 0.1) is 13.8 Å². The van der Waals surface area contributed by atoms with Crippen molar-refractivity contribution in [1.29, 1.82) is 0 Å². The zero-order valence-electron chi connectivity index (χ0n) is 10.9. The lowest BCUT2D eigenvalue weighted by molar-refractivity contribution is 0.326. The van der Waals surface area contributed by atoms with Crippen LogP contribution in [0.4, 0.5) is 0 Å². The summed E-state index contributed by atoms with van der Waals surface area (Å²) in [6, 6.07) is 14.7. The van der Waals surface area contributed by atoms with E-state index in [4.69, 9.17) is 10.5 Å². The van der Waals surface area contributed by atoms with E-state index in [0.29, 0.717) is 13.2 Å². The summed E-state index contributed by atoms with van der Waals surface area (Å²) in [5.41, 5.74) is 10.4. The van der Waals surface area contributed by atoms with Crippen molar-refractivity contribution in [3.05, 3.63) is 53.6 Å². The highest BCUT2D eigenvalue weighted by molar-refractivity contribution is 5.68. The van der Waals surface area contributed by atoms with Gasteiger partial charge in [0.1, 0.15) is 12.4 Å². The quantitative estimate of drug-likeness (QED) is 0.891. The average molecular weight is 241 g/mol. The van der Waals surface area contributed by atoms with Crippen LogP contribution in [-0.2, 0) is 0 Å². The largest absolute Gasteiger partial charge is 0.492 e. The Balaban J connectivity index is 2.32. The third kappa shape index (κ3) is 2.71. The van der Waals surface area contributed by atoms with Gasteiger partial charge in [-0.05, 0) is 48.2 Å². The molecular weight excluding hydrogens is 222 g/mol. The monoisotopic (exact) mass is 241 g/mol. The number of benzene rings is 2. The molecule has 18 heavy (non-hydrogen) atoms. The summed E-state index contributed by atoms with van der Waals surface area (Å²) in [5.74, 6) is 0.915. The van der Waals surface area contributed by atoms with Crippen LogP contribution in [0.25, 0.3) is 11.1 Å². The van der Waals surface area contributed by atoms with Crippen molar-refractivity contribution in [2.75, 3.05) is 13.2 Å². The number of ether oxygens (including phenoxy) is 1. The van der Waals surface area contributed by atoms with Crippen molar-refractivity contribution < 1.29 is 4.74 Å². The number of hydrogen-bond donors (Lipinski definition) is 1. The summed E-state index contributed by atoms with van der Waals surface area (Å²) in [6.07, 6.45) is 0. The Kier molecular flexibility index (Phi) is 4.00. The molecular formula is C16H19NO. The van der Waals surface area contributed by atoms with E-state index in [2.05, 4.69) is 50.2 Å². The lowest BCUT2D eigenvalue weighted by Gasteiger charge is -2.11. The Labute approximate surface area is 108 Å². The summed E-state index contributed by atoms with van der Waals surface area (Å²) < 4.78 is 5.58. The van der Waals surface area contributed by atoms with Crippen LogP contribution in [0.15, 0.2) is 42.5 Å². The first-order chi connectivity index (χ1) is 8.72. The summed E-state index contributed by atoms with van der Waals surface area (Å²) >= 11 is 0. The molecule has 0 aliphatic rings. The van der Waals surface area contributed by atoms with E-state index in [-0.39, 0.29) is 0 Å². The molecule has 2 aromatic carbocycles. The Morgan fingerprint density at radius 2 is 1.78 bits per heavy atom. The first-order valence-corrected chi connectivity index (χ1v) is 6.22. The van der Waals surface area contributed by atoms with Crippen LogP contribution < -0.4 is 10.5 Å². The van der Waals surface area contributed by atoms with Crippen LogP contribution in [0.2, 0.25) is 0 Å². The molecule has 2 N–H and O–H groups in total. The summed E-state index contributed by atoms with van der Waals surface area (Å²) in [6.45, 7) is 5.29. The second kappa shape index (κ2) is 5.69. The van der Waals surface area contributed by atoms with Gasteiger partial charge in [-0.1, -0.05) is 30.3 Å². The van der Waals surface area contributed by atoms with Gasteiger partial charge >= 0.3 is 0 Å². The normalized spacial score (nSPS) is 10.4. The molecule has 0 saturated carbocycles. The van der Waals surface area contributed by atoms with Gasteiger partial charge in [0.15, 0.2) is 0 Å². The fourth-order valence-corrected chi connectivity index (χ4v) is 2.04. The lowest BCUT2D eigenvalue weighted by atomic mass is 9.99. The second-order valence-corrected chi connectivity index (χ2v) is 4.43. The van der Waals surface area contributed by atoms with Crippen LogP contribution in [0.3, 0.4) is 0 Å². The lowest BCUT2D eigenvalue weighted by Crippen LogP contribution is -2.11. The van der Waals surface area contributed by atoms with Gasteiger partial charge in [-0.2, -0.15) is 0 Å². The Morgan fingerprint density at radius 1 is 1.00 bits per heavy atom. The third-order valence-corrected chi connectivity index (χ3v) is 3.01. The number of hydrogen-bond acceptors (Lipinski definition) is 2. The van der Waals surface area contributed by atoms with E-state index < -0.39 is 0 Å². The van der Waals surface area contributed by atoms with Gasteiger partial charge in [-0.25, -0.2) is 0 Å². The molecule has 0 spiro atoms. The van der Waals surface area contributed by atoms with E-state index in [9.17, 15) is 0 Å². The predicted octanol–water partition coefficient (Wildman–Crippen LogP) is 3.31. The summed E-state index contributed by atoms with van der Waals surface area (Å²) in [5, 5.41) is 0. The zero-order valence-corrected chi connectivity index (χ0v) is 10.9. The standard InChI is InChI=1S/C16H19NO/c1-12-5-3-4-6-15(12)14-7-8-16(13(2)11-14)18-10-9-17/h3-8,11H,9-10,17H2,1-2H3. The van der Waals surface area contributed by atoms with Crippen molar-refractivity contribution in [3.8, 4) is 16.9 Å². The second-order valence-electron chi connectivity index (χ2n) is 4.43. The highest BCUT2D eigenvalue weighted by Gasteiger charge is 2.04. The first kappa shape index (κ1) is 12.7. The molecule has 0 unspecified atom stereocenters. The number of rotatable bonds is 4. The fraction of sp³-hybridized carbons (Fsp3) is 0.250. The average Bonchev–Trinajstić information content (AvgIpc) is 2.38. The van der Waals surface area contributed by atoms with Gasteiger partial charge in [0.25, 0.3) is 0 Å². The Bertz CT molecular complexity index is 534. The van der Waals surface area contributed by atoms with Crippen LogP contribution in [0.1, 0.15) is 11.1 Å². The van der Waals surface area contributed by atoms with Gasteiger partial charge < -0.3 is 10.5 Å². The van der Waals surface area contributed by atoms with Crippen molar-refractivity contribution >= 4 is 0 Å². The molecule has 0 heterocycles. The highest BCUT2D eigenvalue weighted by atomic mass is 16.5. The Morgan fingerprint density at radius 3 is 2.44 bits per heavy atom. The van der Waals surface area contributed by atoms with Gasteiger partial charge in [0.05, 0.1) is 0 Å². The molecule has 0 amide bonds. The summed E-state index contributed by atoms with van der Waals surface area (Å²) in [4.78, 5) is 0. The smallest absolute Gasteiger partial charge is 0.122 e. The molecule has 0 aliphatic carbocycles. The minimum Gasteiger partial charge on any atom is -0.492 e. The SMILES string of the molecule is Cc1cc(-c2ccccc2C)ccc1OCCN. The van der Waals surface area contributed by atoms with Gasteiger partial charge in [0, 0.05) is 6.54 Å². The van der Waals surface area contributed by atoms with Gasteiger partial charge in [-0.3, -0.25) is 0 Å². The molecule has 0 radical (unpaired) electrons. The van der Waals surface area contributed by atoms with Crippen LogP contribution in [0.5, 0.6) is 5.75 Å². The van der Waals surface area contributed by atoms with E-state index in [1.165, 1.54) is 16.7 Å². The number of aryl methyl sites for hydroxylation is 2. The van der Waals surface area contributed by atoms with Crippen molar-refractivity contribution in [3.63, 3.8) is 0 Å². The molecule has 0 bridgehead atoms. The van der Waals surface area contributed by atoms with E-state index in [1.807, 2.05) is 6.07 Å². The minimum atomic E-state index is 0.541. The van der Waals surface area contributed by atoms with Crippen molar-refractivity contribution in [2.45, 2.75) is 13.8 Å². The molecule has 2 rings (SSSR count). The maximum absolute atomic E-state index is 5.58. The maximum Gasteiger partial charge on any atom is 0.122 e. The van der Waals surface area contributed by atoms with Crippen molar-refractivity contribution in [1.82, 2.24) is 0 Å². The fourth-order valence-electron chi connectivity index (χ4n) is 2.04. The molecule has 0 saturated heterocycles. The molecule has 0 fully saturated rings. The predicted molar refractivity (Wildman–Crippen MR) is 75.9 cm³/mol. The first-order valence-electron chi connectivity index (χ1n) is 6.22. The third-order valence-electron chi connectivity index (χ3n) is 3.01. The van der Waals surface area contributed by atoms with Crippen molar-refractivity contribution in [2.24, 2.45) is 5.73 Å². The van der Waals surface area contributed by atoms with Crippen LogP contribution >= 0.6 is 0 Å². The molecule has 2 aromatic rings. The topological polar surface area (TPSA) is 35.2 Å². The van der Waals surface area contributed by atoms with Gasteiger partial charge in [-0.15, -0.1) is 0 Å². The number of nitrogens with two attached hydrogens (primary N) is 1. The van der Waals surface area contributed by atoms with Gasteiger partial charge in [0.2, 0.25) is 0 Å². The van der Waals surface area contributed by atoms with E-state index >= 15 is 0 Å². The molecule has 94 valence electrons. The molecule has 2 heteroatoms. The maximum atomic E-state index is 5.58. The van der Waals surface area contributed by atoms with E-state index in [0.717, 1.165) is 11.3 Å². The minimum absolute atomic E-state index is 0.541. The Hall–Kier alpha value is -1.80. The summed E-state index contributed by atoms with van der Waals surface area (Å²) in [7, 11) is 0. The zero-order chi connectivity index (χ0) is 13.0. The van der Waals surface area contributed by atoms with Crippen LogP contribution in [-0.4, -0.2) is 13.2 Å². The molecule has 0 aromatic heterocycles.